The average Bonchev–Trinajstić information content (AvgIpc) is 3.87. The third-order valence-corrected chi connectivity index (χ3v) is 13.7. The summed E-state index contributed by atoms with van der Waals surface area (Å²) in [6.45, 7) is 9.28. The number of benzene rings is 7. The van der Waals surface area contributed by atoms with Crippen molar-refractivity contribution in [3.63, 3.8) is 0 Å². The number of anilines is 6. The molecule has 0 spiro atoms. The lowest BCUT2D eigenvalue weighted by Gasteiger charge is -2.45. The summed E-state index contributed by atoms with van der Waals surface area (Å²) in [5.41, 5.74) is 18.3. The largest absolute Gasteiger partial charge is 0.456 e. The molecule has 0 aliphatic carbocycles. The van der Waals surface area contributed by atoms with E-state index >= 15 is 0 Å². The number of nitrogens with zero attached hydrogens (tertiary/aromatic N) is 3. The monoisotopic (exact) mass is 723 g/mol. The van der Waals surface area contributed by atoms with E-state index in [0.717, 1.165) is 27.6 Å². The van der Waals surface area contributed by atoms with Crippen LogP contribution in [0.25, 0.3) is 59.5 Å². The zero-order valence-corrected chi connectivity index (χ0v) is 31.8. The number of furan rings is 1. The highest BCUT2D eigenvalue weighted by molar-refractivity contribution is 7.33. The van der Waals surface area contributed by atoms with E-state index in [9.17, 15) is 0 Å². The number of thiophene rings is 1. The first kappa shape index (κ1) is 30.1. The van der Waals surface area contributed by atoms with Gasteiger partial charge in [-0.25, -0.2) is 0 Å². The van der Waals surface area contributed by atoms with E-state index in [1.165, 1.54) is 92.8 Å². The summed E-state index contributed by atoms with van der Waals surface area (Å²) in [7, 11) is 0. The number of rotatable bonds is 1. The van der Waals surface area contributed by atoms with Gasteiger partial charge in [0, 0.05) is 42.4 Å². The van der Waals surface area contributed by atoms with Crippen LogP contribution in [0.3, 0.4) is 0 Å². The standard InChI is InChI=1S/C49H34BN3OS/c1-27-24-38-44-39(25-27)53-36-18-9-14-30-29-12-5-7-16-34(29)51(45(30)36)37-19-10-15-33(47(37)53)50(44)48-46(32-26-28(49(2,3)4)22-23-42(32)55-48)52(38)35-17-11-21-41-43(35)31-13-6-8-20-40(31)54-41/h5-26H,1-4H3. The molecule has 3 aliphatic rings. The Morgan fingerprint density at radius 1 is 0.582 bits per heavy atom. The fraction of sp³-hybridized carbons (Fsp3) is 0.102. The van der Waals surface area contributed by atoms with Crippen molar-refractivity contribution in [2.75, 3.05) is 9.80 Å². The van der Waals surface area contributed by atoms with Crippen LogP contribution in [0.2, 0.25) is 0 Å². The number of hydrogen-bond acceptors (Lipinski definition) is 4. The number of hydrogen-bond donors (Lipinski definition) is 0. The molecule has 0 unspecified atom stereocenters. The van der Waals surface area contributed by atoms with Crippen molar-refractivity contribution in [1.29, 1.82) is 0 Å². The maximum atomic E-state index is 6.55. The molecule has 55 heavy (non-hydrogen) atoms. The first-order valence-electron chi connectivity index (χ1n) is 19.2. The van der Waals surface area contributed by atoms with E-state index in [4.69, 9.17) is 4.42 Å². The van der Waals surface area contributed by atoms with Gasteiger partial charge in [0.2, 0.25) is 0 Å². The second-order valence-electron chi connectivity index (χ2n) is 16.6. The summed E-state index contributed by atoms with van der Waals surface area (Å²) in [5.74, 6) is 0. The van der Waals surface area contributed by atoms with E-state index in [2.05, 4.69) is 176 Å². The molecule has 260 valence electrons. The van der Waals surface area contributed by atoms with Gasteiger partial charge in [0.1, 0.15) is 11.2 Å². The summed E-state index contributed by atoms with van der Waals surface area (Å²) >= 11 is 1.96. The van der Waals surface area contributed by atoms with Crippen LogP contribution >= 0.6 is 11.3 Å². The fourth-order valence-electron chi connectivity index (χ4n) is 10.2. The third kappa shape index (κ3) is 3.69. The Morgan fingerprint density at radius 2 is 1.27 bits per heavy atom. The molecule has 0 bridgehead atoms. The molecule has 13 rings (SSSR count). The number of aryl methyl sites for hydroxylation is 1. The Morgan fingerprint density at radius 3 is 2.13 bits per heavy atom. The molecule has 0 radical (unpaired) electrons. The molecular weight excluding hydrogens is 689 g/mol. The van der Waals surface area contributed by atoms with Gasteiger partial charge in [-0.2, -0.15) is 0 Å². The smallest absolute Gasteiger partial charge is 0.264 e. The molecule has 0 saturated carbocycles. The van der Waals surface area contributed by atoms with Crippen LogP contribution in [0.1, 0.15) is 31.9 Å². The molecule has 0 atom stereocenters. The predicted octanol–water partition coefficient (Wildman–Crippen LogP) is 11.9. The minimum atomic E-state index is 0.00700. The number of aromatic nitrogens is 1. The molecule has 0 amide bonds. The molecule has 3 aliphatic heterocycles. The summed E-state index contributed by atoms with van der Waals surface area (Å²) < 4.78 is 11.8. The fourth-order valence-corrected chi connectivity index (χ4v) is 11.5. The Balaban J connectivity index is 1.21. The van der Waals surface area contributed by atoms with Gasteiger partial charge in [-0.3, -0.25) is 0 Å². The van der Waals surface area contributed by atoms with E-state index < -0.39 is 0 Å². The van der Waals surface area contributed by atoms with Crippen LogP contribution in [-0.2, 0) is 5.41 Å². The van der Waals surface area contributed by atoms with Gasteiger partial charge < -0.3 is 18.8 Å². The number of fused-ring (bicyclic) bond motifs is 14. The number of para-hydroxylation sites is 4. The minimum Gasteiger partial charge on any atom is -0.456 e. The summed E-state index contributed by atoms with van der Waals surface area (Å²) in [6.07, 6.45) is 0. The molecule has 0 fully saturated rings. The van der Waals surface area contributed by atoms with E-state index in [1.54, 1.807) is 0 Å². The molecule has 4 nitrogen and oxygen atoms in total. The first-order valence-corrected chi connectivity index (χ1v) is 20.0. The molecule has 6 heteroatoms. The molecule has 0 N–H and O–H groups in total. The summed E-state index contributed by atoms with van der Waals surface area (Å²) in [6, 6.07) is 49.9. The molecule has 3 aromatic heterocycles. The maximum absolute atomic E-state index is 6.55. The summed E-state index contributed by atoms with van der Waals surface area (Å²) in [4.78, 5) is 5.19. The van der Waals surface area contributed by atoms with Crippen LogP contribution in [0.15, 0.2) is 138 Å². The highest BCUT2D eigenvalue weighted by Crippen LogP contribution is 2.54. The Labute approximate surface area is 322 Å². The Kier molecular flexibility index (Phi) is 5.53. The lowest BCUT2D eigenvalue weighted by atomic mass is 9.36. The van der Waals surface area contributed by atoms with Gasteiger partial charge in [-0.1, -0.05) is 93.6 Å². The zero-order valence-electron chi connectivity index (χ0n) is 30.9. The SMILES string of the molecule is Cc1cc2c3c(c1)N1c4c(cccc4-n4c5ccccc5c5cccc1c54)B3c1sc3ccc(C(C)(C)C)cc3c1N2c1cccc2oc3ccccc3c12. The van der Waals surface area contributed by atoms with Crippen molar-refractivity contribution in [3.8, 4) is 5.69 Å². The average molecular weight is 724 g/mol. The minimum absolute atomic E-state index is 0.00700. The van der Waals surface area contributed by atoms with Gasteiger partial charge >= 0.3 is 0 Å². The van der Waals surface area contributed by atoms with Crippen molar-refractivity contribution in [2.45, 2.75) is 33.1 Å². The normalized spacial score (nSPS) is 14.1. The van der Waals surface area contributed by atoms with Crippen LogP contribution in [0.4, 0.5) is 34.1 Å². The molecule has 0 saturated heterocycles. The topological polar surface area (TPSA) is 24.6 Å². The van der Waals surface area contributed by atoms with Crippen molar-refractivity contribution >= 4 is 122 Å². The van der Waals surface area contributed by atoms with Gasteiger partial charge in [0.15, 0.2) is 0 Å². The van der Waals surface area contributed by atoms with Gasteiger partial charge in [0.25, 0.3) is 6.71 Å². The van der Waals surface area contributed by atoms with Crippen molar-refractivity contribution in [2.24, 2.45) is 0 Å². The first-order chi connectivity index (χ1) is 26.8. The quantitative estimate of drug-likeness (QED) is 0.158. The van der Waals surface area contributed by atoms with Gasteiger partial charge in [0.05, 0.1) is 44.9 Å². The third-order valence-electron chi connectivity index (χ3n) is 12.4. The highest BCUT2D eigenvalue weighted by Gasteiger charge is 2.48. The molecule has 10 aromatic rings. The second-order valence-corrected chi connectivity index (χ2v) is 17.7. The van der Waals surface area contributed by atoms with E-state index in [-0.39, 0.29) is 12.1 Å². The van der Waals surface area contributed by atoms with Crippen LogP contribution < -0.4 is 25.5 Å². The second kappa shape index (κ2) is 10.1. The molecule has 6 heterocycles. The van der Waals surface area contributed by atoms with Crippen molar-refractivity contribution < 1.29 is 4.42 Å². The Bertz CT molecular complexity index is 3360. The maximum Gasteiger partial charge on any atom is 0.264 e. The van der Waals surface area contributed by atoms with Crippen LogP contribution in [0, 0.1) is 6.92 Å². The van der Waals surface area contributed by atoms with Gasteiger partial charge in [-0.05, 0) is 95.1 Å². The van der Waals surface area contributed by atoms with E-state index in [1.807, 2.05) is 11.3 Å². The van der Waals surface area contributed by atoms with Crippen LogP contribution in [-0.4, -0.2) is 11.3 Å². The lowest BCUT2D eigenvalue weighted by molar-refractivity contribution is 0.591. The van der Waals surface area contributed by atoms with Crippen LogP contribution in [0.5, 0.6) is 0 Å². The summed E-state index contributed by atoms with van der Waals surface area (Å²) in [5, 5.41) is 6.17. The van der Waals surface area contributed by atoms with E-state index in [0.29, 0.717) is 0 Å². The zero-order chi connectivity index (χ0) is 36.5. The lowest BCUT2D eigenvalue weighted by Crippen LogP contribution is -2.61. The van der Waals surface area contributed by atoms with Gasteiger partial charge in [-0.15, -0.1) is 11.3 Å². The molecule has 7 aromatic carbocycles. The highest BCUT2D eigenvalue weighted by atomic mass is 32.1. The molecular formula is C49H34BN3OS. The predicted molar refractivity (Wildman–Crippen MR) is 234 cm³/mol. The van der Waals surface area contributed by atoms with Crippen molar-refractivity contribution in [3.05, 3.63) is 145 Å². The van der Waals surface area contributed by atoms with Crippen molar-refractivity contribution in [1.82, 2.24) is 4.57 Å². The Hall–Kier alpha value is -6.24.